The Morgan fingerprint density at radius 3 is 3.11 bits per heavy atom. The fourth-order valence-electron chi connectivity index (χ4n) is 2.46. The van der Waals surface area contributed by atoms with E-state index in [4.69, 9.17) is 4.74 Å². The molecule has 1 aliphatic heterocycles. The van der Waals surface area contributed by atoms with Crippen LogP contribution in [0, 0.1) is 0 Å². The number of piperidine rings is 1. The van der Waals surface area contributed by atoms with Crippen molar-refractivity contribution in [3.8, 4) is 6.01 Å². The second kappa shape index (κ2) is 6.00. The molecule has 0 radical (unpaired) electrons. The maximum absolute atomic E-state index is 11.4. The van der Waals surface area contributed by atoms with Crippen molar-refractivity contribution in [1.29, 1.82) is 0 Å². The van der Waals surface area contributed by atoms with Gasteiger partial charge in [0.2, 0.25) is 0 Å². The van der Waals surface area contributed by atoms with Gasteiger partial charge in [-0.05, 0) is 26.3 Å². The first kappa shape index (κ1) is 13.1. The number of nitrogens with zero attached hydrogens (tertiary/aromatic N) is 2. The van der Waals surface area contributed by atoms with Gasteiger partial charge in [0.05, 0.1) is 12.8 Å². The molecule has 1 aromatic heterocycles. The van der Waals surface area contributed by atoms with Crippen molar-refractivity contribution in [2.24, 2.45) is 0 Å². The molecule has 1 fully saturated rings. The molecule has 1 saturated heterocycles. The highest BCUT2D eigenvalue weighted by molar-refractivity contribution is 5.06. The van der Waals surface area contributed by atoms with Crippen molar-refractivity contribution in [2.45, 2.75) is 38.6 Å². The molecule has 1 atom stereocenters. The molecular weight excluding hydrogens is 230 g/mol. The Hall–Kier alpha value is -1.36. The van der Waals surface area contributed by atoms with E-state index in [1.54, 1.807) is 6.07 Å². The molecule has 5 nitrogen and oxygen atoms in total. The second-order valence-electron chi connectivity index (χ2n) is 4.88. The summed E-state index contributed by atoms with van der Waals surface area (Å²) in [4.78, 5) is 20.7. The molecule has 2 rings (SSSR count). The van der Waals surface area contributed by atoms with Gasteiger partial charge in [0.1, 0.15) is 0 Å². The number of hydrogen-bond acceptors (Lipinski definition) is 4. The second-order valence-corrected chi connectivity index (χ2v) is 4.88. The van der Waals surface area contributed by atoms with E-state index in [1.165, 1.54) is 26.4 Å². The molecule has 1 aliphatic rings. The lowest BCUT2D eigenvalue weighted by Crippen LogP contribution is -2.38. The van der Waals surface area contributed by atoms with Crippen LogP contribution in [0.3, 0.4) is 0 Å². The van der Waals surface area contributed by atoms with Gasteiger partial charge < -0.3 is 9.64 Å². The molecule has 2 heterocycles. The highest BCUT2D eigenvalue weighted by atomic mass is 16.5. The van der Waals surface area contributed by atoms with Crippen molar-refractivity contribution in [2.75, 3.05) is 20.2 Å². The zero-order valence-electron chi connectivity index (χ0n) is 11.1. The molecule has 1 aromatic rings. The summed E-state index contributed by atoms with van der Waals surface area (Å²) in [6.07, 6.45) is 4.67. The fourth-order valence-corrected chi connectivity index (χ4v) is 2.46. The lowest BCUT2D eigenvalue weighted by atomic mass is 10.0. The summed E-state index contributed by atoms with van der Waals surface area (Å²) in [5.74, 6) is 0. The number of likely N-dealkylation sites (tertiary alicyclic amines) is 1. The van der Waals surface area contributed by atoms with Crippen LogP contribution in [-0.2, 0) is 6.42 Å². The molecule has 0 saturated carbocycles. The smallest absolute Gasteiger partial charge is 0.296 e. The maximum atomic E-state index is 11.4. The number of rotatable bonds is 4. The van der Waals surface area contributed by atoms with Gasteiger partial charge in [-0.25, -0.2) is 4.98 Å². The van der Waals surface area contributed by atoms with E-state index in [0.717, 1.165) is 25.2 Å². The molecule has 0 aromatic carbocycles. The van der Waals surface area contributed by atoms with Crippen LogP contribution in [0.25, 0.3) is 0 Å². The van der Waals surface area contributed by atoms with Gasteiger partial charge in [-0.15, -0.1) is 0 Å². The van der Waals surface area contributed by atoms with E-state index in [0.29, 0.717) is 12.1 Å². The van der Waals surface area contributed by atoms with Gasteiger partial charge >= 0.3 is 0 Å². The van der Waals surface area contributed by atoms with Gasteiger partial charge in [-0.1, -0.05) is 6.42 Å². The molecule has 1 unspecified atom stereocenters. The number of aromatic amines is 1. The predicted octanol–water partition coefficient (Wildman–Crippen LogP) is 1.20. The van der Waals surface area contributed by atoms with E-state index in [2.05, 4.69) is 21.8 Å². The number of methoxy groups -OCH3 is 1. The minimum atomic E-state index is -0.149. The van der Waals surface area contributed by atoms with Gasteiger partial charge in [0.15, 0.2) is 0 Å². The molecule has 0 bridgehead atoms. The zero-order chi connectivity index (χ0) is 13.0. The zero-order valence-corrected chi connectivity index (χ0v) is 11.1. The predicted molar refractivity (Wildman–Crippen MR) is 70.0 cm³/mol. The number of hydrogen-bond donors (Lipinski definition) is 1. The van der Waals surface area contributed by atoms with Crippen molar-refractivity contribution >= 4 is 0 Å². The summed E-state index contributed by atoms with van der Waals surface area (Å²) in [6.45, 7) is 4.38. The molecule has 5 heteroatoms. The summed E-state index contributed by atoms with van der Waals surface area (Å²) in [7, 11) is 1.51. The van der Waals surface area contributed by atoms with Gasteiger partial charge in [0, 0.05) is 25.1 Å². The normalized spacial score (nSPS) is 20.9. The largest absolute Gasteiger partial charge is 0.468 e. The van der Waals surface area contributed by atoms with Crippen LogP contribution in [0.2, 0.25) is 0 Å². The SMILES string of the molecule is COc1nc(CCN2CCCCC2C)cc(=O)[nH]1. The molecule has 0 amide bonds. The first-order chi connectivity index (χ1) is 8.69. The average Bonchev–Trinajstić information content (AvgIpc) is 2.37. The minimum absolute atomic E-state index is 0.149. The monoisotopic (exact) mass is 251 g/mol. The van der Waals surface area contributed by atoms with Crippen LogP contribution >= 0.6 is 0 Å². The third-order valence-corrected chi connectivity index (χ3v) is 3.56. The van der Waals surface area contributed by atoms with Crippen LogP contribution in [-0.4, -0.2) is 41.1 Å². The molecule has 0 aliphatic carbocycles. The van der Waals surface area contributed by atoms with Gasteiger partial charge in [-0.2, -0.15) is 0 Å². The Bertz CT molecular complexity index is 444. The standard InChI is InChI=1S/C13H21N3O2/c1-10-5-3-4-7-16(10)8-6-11-9-12(17)15-13(14-11)18-2/h9-10H,3-8H2,1-2H3,(H,14,15,17). The number of nitrogens with one attached hydrogen (secondary N) is 1. The van der Waals surface area contributed by atoms with Crippen LogP contribution in [0.4, 0.5) is 0 Å². The Morgan fingerprint density at radius 1 is 1.56 bits per heavy atom. The quantitative estimate of drug-likeness (QED) is 0.873. The molecule has 18 heavy (non-hydrogen) atoms. The summed E-state index contributed by atoms with van der Waals surface area (Å²) in [5, 5.41) is 0. The van der Waals surface area contributed by atoms with Gasteiger partial charge in [-0.3, -0.25) is 9.78 Å². The summed E-state index contributed by atoms with van der Waals surface area (Å²) in [6, 6.07) is 2.49. The lowest BCUT2D eigenvalue weighted by molar-refractivity contribution is 0.162. The first-order valence-electron chi connectivity index (χ1n) is 6.57. The summed E-state index contributed by atoms with van der Waals surface area (Å²) < 4.78 is 4.97. The van der Waals surface area contributed by atoms with E-state index in [1.807, 2.05) is 0 Å². The van der Waals surface area contributed by atoms with E-state index < -0.39 is 0 Å². The van der Waals surface area contributed by atoms with Crippen LogP contribution < -0.4 is 10.3 Å². The summed E-state index contributed by atoms with van der Waals surface area (Å²) >= 11 is 0. The Morgan fingerprint density at radius 2 is 2.39 bits per heavy atom. The lowest BCUT2D eigenvalue weighted by Gasteiger charge is -2.33. The average molecular weight is 251 g/mol. The van der Waals surface area contributed by atoms with E-state index in [-0.39, 0.29) is 5.56 Å². The maximum Gasteiger partial charge on any atom is 0.296 e. The molecule has 1 N–H and O–H groups in total. The first-order valence-corrected chi connectivity index (χ1v) is 6.57. The third-order valence-electron chi connectivity index (χ3n) is 3.56. The fraction of sp³-hybridized carbons (Fsp3) is 0.692. The summed E-state index contributed by atoms with van der Waals surface area (Å²) in [5.41, 5.74) is 0.650. The van der Waals surface area contributed by atoms with E-state index in [9.17, 15) is 4.79 Å². The number of ether oxygens (including phenoxy) is 1. The van der Waals surface area contributed by atoms with Crippen molar-refractivity contribution < 1.29 is 4.74 Å². The Balaban J connectivity index is 1.97. The Labute approximate surface area is 107 Å². The van der Waals surface area contributed by atoms with E-state index >= 15 is 0 Å². The molecule has 0 spiro atoms. The third kappa shape index (κ3) is 3.32. The van der Waals surface area contributed by atoms with Crippen LogP contribution in [0.1, 0.15) is 31.9 Å². The molecular formula is C13H21N3O2. The number of H-pyrrole nitrogens is 1. The highest BCUT2D eigenvalue weighted by Gasteiger charge is 2.17. The van der Waals surface area contributed by atoms with Crippen LogP contribution in [0.5, 0.6) is 6.01 Å². The van der Waals surface area contributed by atoms with Gasteiger partial charge in [0.25, 0.3) is 11.6 Å². The Kier molecular flexibility index (Phi) is 4.36. The molecule has 100 valence electrons. The minimum Gasteiger partial charge on any atom is -0.468 e. The highest BCUT2D eigenvalue weighted by Crippen LogP contribution is 2.16. The van der Waals surface area contributed by atoms with Crippen molar-refractivity contribution in [3.63, 3.8) is 0 Å². The van der Waals surface area contributed by atoms with Crippen molar-refractivity contribution in [1.82, 2.24) is 14.9 Å². The van der Waals surface area contributed by atoms with Crippen LogP contribution in [0.15, 0.2) is 10.9 Å². The topological polar surface area (TPSA) is 58.2 Å². The number of aromatic nitrogens is 2. The van der Waals surface area contributed by atoms with Crippen molar-refractivity contribution in [3.05, 3.63) is 22.1 Å².